The van der Waals surface area contributed by atoms with Gasteiger partial charge in [0.25, 0.3) is 0 Å². The van der Waals surface area contributed by atoms with Crippen molar-refractivity contribution in [2.24, 2.45) is 0 Å². The van der Waals surface area contributed by atoms with Gasteiger partial charge in [0.1, 0.15) is 0 Å². The Bertz CT molecular complexity index is 423. The molecule has 1 aliphatic rings. The SMILES string of the molecule is CC(CO)(CO)NC1CCSc2ccc(Cl)cc21. The maximum absolute atomic E-state index is 9.36. The van der Waals surface area contributed by atoms with Crippen LogP contribution < -0.4 is 5.32 Å². The molecular formula is C13H18ClNO2S. The summed E-state index contributed by atoms with van der Waals surface area (Å²) in [5.41, 5.74) is 0.499. The smallest absolute Gasteiger partial charge is 0.0633 e. The number of benzene rings is 1. The predicted octanol–water partition coefficient (Wildman–Crippen LogP) is 2.21. The van der Waals surface area contributed by atoms with Gasteiger partial charge in [0, 0.05) is 16.0 Å². The number of hydrogen-bond acceptors (Lipinski definition) is 4. The standard InChI is InChI=1S/C13H18ClNO2S/c1-13(7-16,8-17)15-11-4-5-18-12-3-2-9(14)6-10(11)12/h2-3,6,11,15-17H,4-5,7-8H2,1H3. The first kappa shape index (κ1) is 14.2. The summed E-state index contributed by atoms with van der Waals surface area (Å²) < 4.78 is 0. The Balaban J connectivity index is 2.24. The monoisotopic (exact) mass is 287 g/mol. The molecule has 1 aromatic carbocycles. The first-order chi connectivity index (χ1) is 8.58. The highest BCUT2D eigenvalue weighted by Gasteiger charge is 2.29. The van der Waals surface area contributed by atoms with E-state index in [9.17, 15) is 10.2 Å². The molecule has 0 radical (unpaired) electrons. The van der Waals surface area contributed by atoms with Crippen LogP contribution in [0.15, 0.2) is 23.1 Å². The molecule has 0 amide bonds. The molecule has 0 spiro atoms. The second-order valence-electron chi connectivity index (χ2n) is 4.89. The van der Waals surface area contributed by atoms with Gasteiger partial charge >= 0.3 is 0 Å². The predicted molar refractivity (Wildman–Crippen MR) is 75.2 cm³/mol. The Hall–Kier alpha value is -0.260. The number of halogens is 1. The van der Waals surface area contributed by atoms with Gasteiger partial charge in [-0.05, 0) is 42.9 Å². The van der Waals surface area contributed by atoms with Crippen molar-refractivity contribution in [3.8, 4) is 0 Å². The summed E-state index contributed by atoms with van der Waals surface area (Å²) in [6.07, 6.45) is 0.966. The van der Waals surface area contributed by atoms with E-state index < -0.39 is 5.54 Å². The lowest BCUT2D eigenvalue weighted by Crippen LogP contribution is -2.51. The summed E-state index contributed by atoms with van der Waals surface area (Å²) in [6.45, 7) is 1.63. The van der Waals surface area contributed by atoms with E-state index in [0.29, 0.717) is 0 Å². The molecule has 0 fully saturated rings. The Kier molecular flexibility index (Phi) is 4.56. The average Bonchev–Trinajstić information content (AvgIpc) is 2.39. The molecule has 3 nitrogen and oxygen atoms in total. The van der Waals surface area contributed by atoms with Gasteiger partial charge in [0.05, 0.1) is 18.8 Å². The van der Waals surface area contributed by atoms with E-state index in [-0.39, 0.29) is 19.3 Å². The fraction of sp³-hybridized carbons (Fsp3) is 0.538. The lowest BCUT2D eigenvalue weighted by Gasteiger charge is -2.35. The number of hydrogen-bond donors (Lipinski definition) is 3. The molecule has 5 heteroatoms. The minimum absolute atomic E-state index is 0.0942. The lowest BCUT2D eigenvalue weighted by molar-refractivity contribution is 0.0928. The molecule has 0 aliphatic carbocycles. The second kappa shape index (κ2) is 5.80. The largest absolute Gasteiger partial charge is 0.394 e. The Labute approximate surface area is 117 Å². The third-order valence-corrected chi connectivity index (χ3v) is 4.59. The van der Waals surface area contributed by atoms with Crippen molar-refractivity contribution >= 4 is 23.4 Å². The summed E-state index contributed by atoms with van der Waals surface area (Å²) in [7, 11) is 0. The van der Waals surface area contributed by atoms with Gasteiger partial charge in [-0.3, -0.25) is 0 Å². The molecule has 1 aliphatic heterocycles. The second-order valence-corrected chi connectivity index (χ2v) is 6.47. The van der Waals surface area contributed by atoms with Crippen molar-refractivity contribution in [3.05, 3.63) is 28.8 Å². The minimum Gasteiger partial charge on any atom is -0.394 e. The van der Waals surface area contributed by atoms with Crippen molar-refractivity contribution in [1.29, 1.82) is 0 Å². The van der Waals surface area contributed by atoms with Gasteiger partial charge in [0.2, 0.25) is 0 Å². The van der Waals surface area contributed by atoms with Gasteiger partial charge in [-0.1, -0.05) is 11.6 Å². The fourth-order valence-corrected chi connectivity index (χ4v) is 3.36. The number of fused-ring (bicyclic) bond motifs is 1. The third kappa shape index (κ3) is 3.00. The number of nitrogens with one attached hydrogen (secondary N) is 1. The molecule has 1 unspecified atom stereocenters. The summed E-state index contributed by atoms with van der Waals surface area (Å²) in [5, 5.41) is 22.8. The van der Waals surface area contributed by atoms with Crippen LogP contribution in [-0.4, -0.2) is 34.7 Å². The number of rotatable bonds is 4. The molecule has 1 atom stereocenters. The van der Waals surface area contributed by atoms with E-state index in [4.69, 9.17) is 11.6 Å². The first-order valence-electron chi connectivity index (χ1n) is 5.99. The van der Waals surface area contributed by atoms with Crippen LogP contribution >= 0.6 is 23.4 Å². The van der Waals surface area contributed by atoms with E-state index in [0.717, 1.165) is 22.8 Å². The fourth-order valence-electron chi connectivity index (χ4n) is 2.08. The molecule has 0 aromatic heterocycles. The molecule has 0 bridgehead atoms. The number of aliphatic hydroxyl groups is 2. The van der Waals surface area contributed by atoms with Crippen LogP contribution in [0.5, 0.6) is 0 Å². The van der Waals surface area contributed by atoms with Crippen LogP contribution in [0.4, 0.5) is 0 Å². The van der Waals surface area contributed by atoms with Gasteiger partial charge in [-0.2, -0.15) is 0 Å². The zero-order chi connectivity index (χ0) is 13.2. The van der Waals surface area contributed by atoms with Crippen molar-refractivity contribution in [2.75, 3.05) is 19.0 Å². The summed E-state index contributed by atoms with van der Waals surface area (Å²) in [6, 6.07) is 6.03. The Morgan fingerprint density at radius 2 is 2.17 bits per heavy atom. The highest BCUT2D eigenvalue weighted by Crippen LogP contribution is 2.38. The highest BCUT2D eigenvalue weighted by molar-refractivity contribution is 7.99. The summed E-state index contributed by atoms with van der Waals surface area (Å²) >= 11 is 7.86. The van der Waals surface area contributed by atoms with Gasteiger partial charge < -0.3 is 15.5 Å². The molecule has 0 saturated carbocycles. The van der Waals surface area contributed by atoms with Crippen molar-refractivity contribution in [3.63, 3.8) is 0 Å². The van der Waals surface area contributed by atoms with Crippen molar-refractivity contribution in [2.45, 2.75) is 29.8 Å². The van der Waals surface area contributed by atoms with E-state index in [2.05, 4.69) is 5.32 Å². The Morgan fingerprint density at radius 3 is 2.83 bits per heavy atom. The molecule has 2 rings (SSSR count). The molecule has 0 saturated heterocycles. The first-order valence-corrected chi connectivity index (χ1v) is 7.36. The normalized spacial score (nSPS) is 19.7. The maximum atomic E-state index is 9.36. The molecular weight excluding hydrogens is 270 g/mol. The number of aliphatic hydroxyl groups excluding tert-OH is 2. The van der Waals surface area contributed by atoms with E-state index in [1.807, 2.05) is 36.9 Å². The zero-order valence-corrected chi connectivity index (χ0v) is 11.9. The quantitative estimate of drug-likeness (QED) is 0.795. The molecule has 18 heavy (non-hydrogen) atoms. The van der Waals surface area contributed by atoms with Crippen LogP contribution in [0, 0.1) is 0 Å². The molecule has 1 aromatic rings. The molecule has 100 valence electrons. The van der Waals surface area contributed by atoms with Gasteiger partial charge in [-0.15, -0.1) is 11.8 Å². The Morgan fingerprint density at radius 1 is 1.44 bits per heavy atom. The maximum Gasteiger partial charge on any atom is 0.0633 e. The van der Waals surface area contributed by atoms with Gasteiger partial charge in [-0.25, -0.2) is 0 Å². The van der Waals surface area contributed by atoms with E-state index in [1.165, 1.54) is 4.90 Å². The van der Waals surface area contributed by atoms with Crippen LogP contribution in [-0.2, 0) is 0 Å². The van der Waals surface area contributed by atoms with E-state index in [1.54, 1.807) is 0 Å². The van der Waals surface area contributed by atoms with Crippen LogP contribution in [0.25, 0.3) is 0 Å². The summed E-state index contributed by atoms with van der Waals surface area (Å²) in [5.74, 6) is 1.03. The van der Waals surface area contributed by atoms with Crippen molar-refractivity contribution in [1.82, 2.24) is 5.32 Å². The number of thioether (sulfide) groups is 1. The van der Waals surface area contributed by atoms with Crippen LogP contribution in [0.2, 0.25) is 5.02 Å². The highest BCUT2D eigenvalue weighted by atomic mass is 35.5. The van der Waals surface area contributed by atoms with Crippen LogP contribution in [0.3, 0.4) is 0 Å². The molecule has 3 N–H and O–H groups in total. The van der Waals surface area contributed by atoms with E-state index >= 15 is 0 Å². The van der Waals surface area contributed by atoms with Crippen LogP contribution in [0.1, 0.15) is 24.9 Å². The summed E-state index contributed by atoms with van der Waals surface area (Å²) in [4.78, 5) is 1.22. The zero-order valence-electron chi connectivity index (χ0n) is 10.3. The minimum atomic E-state index is -0.660. The molecule has 1 heterocycles. The van der Waals surface area contributed by atoms with Gasteiger partial charge in [0.15, 0.2) is 0 Å². The van der Waals surface area contributed by atoms with Crippen molar-refractivity contribution < 1.29 is 10.2 Å². The average molecular weight is 288 g/mol. The lowest BCUT2D eigenvalue weighted by atomic mass is 9.97. The third-order valence-electron chi connectivity index (χ3n) is 3.23. The topological polar surface area (TPSA) is 52.5 Å².